The SMILES string of the molecule is C#C[C@@H]1C[C@H]2[C@@H]3CCC[C@@]3(C)CC[C@@H]2[C@@]2(C)CC(O[Si](C)(C)C(C)(C)C)C(O)(O)C[C@]12O. The summed E-state index contributed by atoms with van der Waals surface area (Å²) >= 11 is 0. The van der Waals surface area contributed by atoms with Crippen LogP contribution in [0, 0.1) is 46.8 Å². The molecule has 4 aliphatic carbocycles. The maximum Gasteiger partial charge on any atom is 0.192 e. The van der Waals surface area contributed by atoms with Crippen LogP contribution in [0.4, 0.5) is 0 Å². The molecule has 0 amide bonds. The second-order valence-electron chi connectivity index (χ2n) is 13.9. The first kappa shape index (κ1) is 24.7. The van der Waals surface area contributed by atoms with Gasteiger partial charge in [-0.15, -0.1) is 12.3 Å². The molecule has 0 aromatic heterocycles. The molecule has 1 unspecified atom stereocenters. The van der Waals surface area contributed by atoms with Crippen LogP contribution in [0.5, 0.6) is 0 Å². The maximum atomic E-state index is 12.2. The van der Waals surface area contributed by atoms with Gasteiger partial charge in [0.2, 0.25) is 0 Å². The van der Waals surface area contributed by atoms with E-state index in [1.165, 1.54) is 25.7 Å². The second kappa shape index (κ2) is 7.31. The molecule has 4 fully saturated rings. The van der Waals surface area contributed by atoms with Gasteiger partial charge in [-0.2, -0.15) is 0 Å². The molecule has 4 rings (SSSR count). The lowest BCUT2D eigenvalue weighted by atomic mass is 9.41. The van der Waals surface area contributed by atoms with Crippen molar-refractivity contribution in [2.75, 3.05) is 0 Å². The van der Waals surface area contributed by atoms with Gasteiger partial charge in [0.05, 0.1) is 11.7 Å². The fraction of sp³-hybridized carbons (Fsp3) is 0.926. The molecule has 4 aliphatic rings. The number of rotatable bonds is 2. The molecular formula is C27H46O4Si. The van der Waals surface area contributed by atoms with Crippen molar-refractivity contribution in [3.8, 4) is 12.3 Å². The standard InChI is InChI=1S/C27H46O4Si/c1-9-18-15-19-20-11-10-13-24(20,5)14-12-21(19)25(6)16-22(27(29,30)17-26(18,25)28)31-32(7,8)23(2,3)4/h1,18-22,28-30H,10-17H2,2-8H3/t18-,19+,20+,21+,22?,24+,25-,26+/m1/s1. The summed E-state index contributed by atoms with van der Waals surface area (Å²) in [6.07, 6.45) is 12.6. The van der Waals surface area contributed by atoms with Gasteiger partial charge in [-0.3, -0.25) is 0 Å². The molecule has 0 aromatic rings. The Kier molecular flexibility index (Phi) is 5.65. The first-order chi connectivity index (χ1) is 14.5. The highest BCUT2D eigenvalue weighted by atomic mass is 28.4. The van der Waals surface area contributed by atoms with Gasteiger partial charge in [-0.1, -0.05) is 41.0 Å². The van der Waals surface area contributed by atoms with E-state index in [0.717, 1.165) is 12.8 Å². The van der Waals surface area contributed by atoms with E-state index in [0.29, 0.717) is 29.6 Å². The summed E-state index contributed by atoms with van der Waals surface area (Å²) < 4.78 is 6.65. The highest BCUT2D eigenvalue weighted by Crippen LogP contribution is 2.69. The molecule has 0 aliphatic heterocycles. The van der Waals surface area contributed by atoms with Crippen LogP contribution in [0.3, 0.4) is 0 Å². The van der Waals surface area contributed by atoms with E-state index in [-0.39, 0.29) is 17.4 Å². The van der Waals surface area contributed by atoms with Gasteiger partial charge < -0.3 is 19.7 Å². The van der Waals surface area contributed by atoms with Crippen LogP contribution >= 0.6 is 0 Å². The summed E-state index contributed by atoms with van der Waals surface area (Å²) in [5.41, 5.74) is -1.37. The molecule has 4 saturated carbocycles. The van der Waals surface area contributed by atoms with Crippen LogP contribution in [-0.4, -0.2) is 41.1 Å². The van der Waals surface area contributed by atoms with Crippen LogP contribution in [-0.2, 0) is 4.43 Å². The van der Waals surface area contributed by atoms with E-state index in [9.17, 15) is 15.3 Å². The van der Waals surface area contributed by atoms with Crippen molar-refractivity contribution in [2.45, 2.75) is 122 Å². The molecule has 0 saturated heterocycles. The second-order valence-corrected chi connectivity index (χ2v) is 18.6. The fourth-order valence-electron chi connectivity index (χ4n) is 8.17. The summed E-state index contributed by atoms with van der Waals surface area (Å²) in [5, 5.41) is 34.5. The molecule has 4 nitrogen and oxygen atoms in total. The van der Waals surface area contributed by atoms with Gasteiger partial charge in [0.1, 0.15) is 0 Å². The van der Waals surface area contributed by atoms with Crippen LogP contribution < -0.4 is 0 Å². The molecule has 3 N–H and O–H groups in total. The van der Waals surface area contributed by atoms with E-state index in [1.54, 1.807) is 0 Å². The molecule has 182 valence electrons. The zero-order valence-corrected chi connectivity index (χ0v) is 22.4. The lowest BCUT2D eigenvalue weighted by molar-refractivity contribution is -0.329. The molecule has 0 aromatic carbocycles. The lowest BCUT2D eigenvalue weighted by Gasteiger charge is -2.67. The Morgan fingerprint density at radius 2 is 1.69 bits per heavy atom. The van der Waals surface area contributed by atoms with Gasteiger partial charge in [0, 0.05) is 17.8 Å². The van der Waals surface area contributed by atoms with Crippen molar-refractivity contribution in [1.29, 1.82) is 0 Å². The topological polar surface area (TPSA) is 69.9 Å². The van der Waals surface area contributed by atoms with Crippen molar-refractivity contribution in [3.63, 3.8) is 0 Å². The third-order valence-electron chi connectivity index (χ3n) is 11.2. The number of fused-ring (bicyclic) bond motifs is 5. The van der Waals surface area contributed by atoms with Crippen LogP contribution in [0.15, 0.2) is 0 Å². The first-order valence-corrected chi connectivity index (χ1v) is 15.7. The van der Waals surface area contributed by atoms with Crippen LogP contribution in [0.2, 0.25) is 18.1 Å². The van der Waals surface area contributed by atoms with Gasteiger partial charge in [-0.25, -0.2) is 0 Å². The summed E-state index contributed by atoms with van der Waals surface area (Å²) in [6, 6.07) is 0. The zero-order valence-electron chi connectivity index (χ0n) is 21.4. The summed E-state index contributed by atoms with van der Waals surface area (Å²) in [7, 11) is -2.24. The normalized spacial score (nSPS) is 48.3. The summed E-state index contributed by atoms with van der Waals surface area (Å²) in [4.78, 5) is 0. The molecule has 0 spiro atoms. The monoisotopic (exact) mass is 462 g/mol. The Labute approximate surface area is 196 Å². The lowest BCUT2D eigenvalue weighted by Crippen LogP contribution is -2.72. The van der Waals surface area contributed by atoms with E-state index in [4.69, 9.17) is 10.8 Å². The molecule has 5 heteroatoms. The minimum atomic E-state index is -2.24. The zero-order chi connectivity index (χ0) is 24.0. The highest BCUT2D eigenvalue weighted by Gasteiger charge is 2.70. The fourth-order valence-corrected chi connectivity index (χ4v) is 9.51. The van der Waals surface area contributed by atoms with Crippen molar-refractivity contribution in [3.05, 3.63) is 0 Å². The number of terminal acetylenes is 1. The van der Waals surface area contributed by atoms with Crippen molar-refractivity contribution >= 4 is 8.32 Å². The van der Waals surface area contributed by atoms with E-state index < -0.39 is 31.2 Å². The third kappa shape index (κ3) is 3.39. The minimum absolute atomic E-state index is 0.0370. The molecule has 0 radical (unpaired) electrons. The Morgan fingerprint density at radius 3 is 2.28 bits per heavy atom. The van der Waals surface area contributed by atoms with Gasteiger partial charge in [0.15, 0.2) is 14.1 Å². The number of hydrogen-bond acceptors (Lipinski definition) is 4. The quantitative estimate of drug-likeness (QED) is 0.304. The van der Waals surface area contributed by atoms with Gasteiger partial charge in [-0.05, 0) is 79.8 Å². The predicted octanol–water partition coefficient (Wildman–Crippen LogP) is 5.07. The smallest absolute Gasteiger partial charge is 0.192 e. The Hall–Kier alpha value is -0.383. The molecule has 32 heavy (non-hydrogen) atoms. The third-order valence-corrected chi connectivity index (χ3v) is 15.7. The Bertz CT molecular complexity index is 794. The van der Waals surface area contributed by atoms with Crippen molar-refractivity contribution in [2.24, 2.45) is 34.5 Å². The Balaban J connectivity index is 1.73. The highest BCUT2D eigenvalue weighted by molar-refractivity contribution is 6.74. The van der Waals surface area contributed by atoms with Crippen LogP contribution in [0.1, 0.15) is 86.0 Å². The minimum Gasteiger partial charge on any atom is -0.408 e. The first-order valence-electron chi connectivity index (χ1n) is 12.8. The number of hydrogen-bond donors (Lipinski definition) is 3. The van der Waals surface area contributed by atoms with Crippen molar-refractivity contribution in [1.82, 2.24) is 0 Å². The molecule has 0 bridgehead atoms. The van der Waals surface area contributed by atoms with E-state index in [1.807, 2.05) is 0 Å². The predicted molar refractivity (Wildman–Crippen MR) is 130 cm³/mol. The maximum absolute atomic E-state index is 12.2. The molecule has 0 heterocycles. The number of aliphatic hydroxyl groups is 3. The summed E-state index contributed by atoms with van der Waals surface area (Å²) in [5.74, 6) is 1.98. The average Bonchev–Trinajstić information content (AvgIpc) is 3.04. The largest absolute Gasteiger partial charge is 0.408 e. The van der Waals surface area contributed by atoms with E-state index in [2.05, 4.69) is 53.6 Å². The summed E-state index contributed by atoms with van der Waals surface area (Å²) in [6.45, 7) is 15.5. The molecule has 8 atom stereocenters. The molecular weight excluding hydrogens is 416 g/mol. The van der Waals surface area contributed by atoms with Crippen molar-refractivity contribution < 1.29 is 19.7 Å². The van der Waals surface area contributed by atoms with Gasteiger partial charge >= 0.3 is 0 Å². The Morgan fingerprint density at radius 1 is 1.03 bits per heavy atom. The van der Waals surface area contributed by atoms with Crippen LogP contribution in [0.25, 0.3) is 0 Å². The van der Waals surface area contributed by atoms with Gasteiger partial charge in [0.25, 0.3) is 0 Å². The van der Waals surface area contributed by atoms with E-state index >= 15 is 0 Å². The average molecular weight is 463 g/mol.